The largest absolute Gasteiger partial charge is 0.387 e. The Morgan fingerprint density at radius 2 is 1.64 bits per heavy atom. The monoisotopic (exact) mass is 337 g/mol. The number of anilines is 1. The molecule has 2 atom stereocenters. The summed E-state index contributed by atoms with van der Waals surface area (Å²) < 4.78 is 0. The van der Waals surface area contributed by atoms with Crippen molar-refractivity contribution in [1.82, 2.24) is 0 Å². The van der Waals surface area contributed by atoms with E-state index in [1.54, 1.807) is 0 Å². The highest BCUT2D eigenvalue weighted by Gasteiger charge is 2.37. The smallest absolute Gasteiger partial charge is 0.0883 e. The maximum absolute atomic E-state index is 11.5. The van der Waals surface area contributed by atoms with Crippen LogP contribution in [-0.4, -0.2) is 16.7 Å². The van der Waals surface area contributed by atoms with Gasteiger partial charge in [-0.25, -0.2) is 0 Å². The van der Waals surface area contributed by atoms with Gasteiger partial charge in [-0.1, -0.05) is 74.9 Å². The highest BCUT2D eigenvalue weighted by molar-refractivity contribution is 5.48. The van der Waals surface area contributed by atoms with Crippen LogP contribution in [0.2, 0.25) is 0 Å². The van der Waals surface area contributed by atoms with E-state index < -0.39 is 5.60 Å². The van der Waals surface area contributed by atoms with Crippen molar-refractivity contribution >= 4 is 5.69 Å². The number of rotatable bonds is 10. The second kappa shape index (κ2) is 9.43. The molecule has 0 fully saturated rings. The van der Waals surface area contributed by atoms with Crippen molar-refractivity contribution in [2.75, 3.05) is 4.90 Å². The van der Waals surface area contributed by atoms with Crippen LogP contribution in [0.1, 0.15) is 45.1 Å². The zero-order chi connectivity index (χ0) is 18.1. The normalized spacial score (nSPS) is 14.5. The van der Waals surface area contributed by atoms with Gasteiger partial charge in [0.2, 0.25) is 0 Å². The minimum absolute atomic E-state index is 0.0352. The molecule has 25 heavy (non-hydrogen) atoms. The SMILES string of the molecule is C=CC[C@@](O)(CCC)[C@@H](CC)N(Cc1ccccc1)c1ccccc1. The minimum Gasteiger partial charge on any atom is -0.387 e. The lowest BCUT2D eigenvalue weighted by atomic mass is 9.83. The molecule has 2 aromatic rings. The maximum atomic E-state index is 11.5. The summed E-state index contributed by atoms with van der Waals surface area (Å²) in [7, 11) is 0. The molecule has 0 aliphatic rings. The van der Waals surface area contributed by atoms with Gasteiger partial charge in [-0.05, 0) is 37.0 Å². The van der Waals surface area contributed by atoms with Crippen LogP contribution in [0, 0.1) is 0 Å². The number of nitrogens with zero attached hydrogens (tertiary/aromatic N) is 1. The molecule has 0 aliphatic heterocycles. The Kier molecular flexibility index (Phi) is 7.27. The molecule has 1 N–H and O–H groups in total. The molecule has 2 rings (SSSR count). The zero-order valence-corrected chi connectivity index (χ0v) is 15.6. The van der Waals surface area contributed by atoms with Crippen molar-refractivity contribution < 1.29 is 5.11 Å². The third-order valence-electron chi connectivity index (χ3n) is 4.85. The van der Waals surface area contributed by atoms with Gasteiger partial charge in [-0.2, -0.15) is 0 Å². The molecule has 0 radical (unpaired) electrons. The molecule has 0 aliphatic carbocycles. The van der Waals surface area contributed by atoms with Gasteiger partial charge in [0.15, 0.2) is 0 Å². The number of hydrogen-bond donors (Lipinski definition) is 1. The predicted molar refractivity (Wildman–Crippen MR) is 108 cm³/mol. The number of para-hydroxylation sites is 1. The molecule has 2 aromatic carbocycles. The third-order valence-corrected chi connectivity index (χ3v) is 4.85. The summed E-state index contributed by atoms with van der Waals surface area (Å²) in [6.07, 6.45) is 5.07. The summed E-state index contributed by atoms with van der Waals surface area (Å²) >= 11 is 0. The molecule has 134 valence electrons. The van der Waals surface area contributed by atoms with E-state index in [0.29, 0.717) is 6.42 Å². The number of benzene rings is 2. The Morgan fingerprint density at radius 1 is 1.04 bits per heavy atom. The van der Waals surface area contributed by atoms with E-state index >= 15 is 0 Å². The zero-order valence-electron chi connectivity index (χ0n) is 15.6. The molecule has 0 bridgehead atoms. The van der Waals surface area contributed by atoms with Gasteiger partial charge < -0.3 is 10.0 Å². The van der Waals surface area contributed by atoms with Crippen molar-refractivity contribution in [3.63, 3.8) is 0 Å². The van der Waals surface area contributed by atoms with E-state index in [1.165, 1.54) is 5.56 Å². The summed E-state index contributed by atoms with van der Waals surface area (Å²) in [6.45, 7) is 8.96. The van der Waals surface area contributed by atoms with E-state index in [9.17, 15) is 5.11 Å². The Bertz CT molecular complexity index is 625. The molecule has 0 amide bonds. The topological polar surface area (TPSA) is 23.5 Å². The summed E-state index contributed by atoms with van der Waals surface area (Å²) in [5.41, 5.74) is 1.63. The van der Waals surface area contributed by atoms with Crippen molar-refractivity contribution in [2.24, 2.45) is 0 Å². The Labute approximate surface area is 152 Å². The van der Waals surface area contributed by atoms with Crippen LogP contribution in [0.4, 0.5) is 5.69 Å². The first-order valence-corrected chi connectivity index (χ1v) is 9.33. The Balaban J connectivity index is 2.42. The fourth-order valence-electron chi connectivity index (χ4n) is 3.76. The van der Waals surface area contributed by atoms with Gasteiger partial charge in [0.25, 0.3) is 0 Å². The average Bonchev–Trinajstić information content (AvgIpc) is 2.63. The summed E-state index contributed by atoms with van der Waals surface area (Å²) in [6, 6.07) is 20.9. The second-order valence-electron chi connectivity index (χ2n) is 6.72. The average molecular weight is 338 g/mol. The fourth-order valence-corrected chi connectivity index (χ4v) is 3.76. The first-order chi connectivity index (χ1) is 12.1. The molecule has 2 heteroatoms. The van der Waals surface area contributed by atoms with E-state index in [2.05, 4.69) is 73.9 Å². The number of hydrogen-bond acceptors (Lipinski definition) is 2. The second-order valence-corrected chi connectivity index (χ2v) is 6.72. The van der Waals surface area contributed by atoms with Crippen molar-refractivity contribution in [1.29, 1.82) is 0 Å². The van der Waals surface area contributed by atoms with Gasteiger partial charge in [0, 0.05) is 12.2 Å². The van der Waals surface area contributed by atoms with Gasteiger partial charge in [0.05, 0.1) is 11.6 Å². The van der Waals surface area contributed by atoms with Crippen LogP contribution in [0.5, 0.6) is 0 Å². The number of aliphatic hydroxyl groups is 1. The van der Waals surface area contributed by atoms with Crippen LogP contribution < -0.4 is 4.90 Å². The van der Waals surface area contributed by atoms with Gasteiger partial charge >= 0.3 is 0 Å². The third kappa shape index (κ3) is 4.96. The van der Waals surface area contributed by atoms with E-state index in [4.69, 9.17) is 0 Å². The van der Waals surface area contributed by atoms with Crippen LogP contribution in [0.3, 0.4) is 0 Å². The highest BCUT2D eigenvalue weighted by Crippen LogP contribution is 2.33. The Hall–Kier alpha value is -2.06. The molecule has 0 saturated heterocycles. The maximum Gasteiger partial charge on any atom is 0.0883 e. The molecule has 0 unspecified atom stereocenters. The molecular formula is C23H31NO. The van der Waals surface area contributed by atoms with Crippen LogP contribution >= 0.6 is 0 Å². The first-order valence-electron chi connectivity index (χ1n) is 9.33. The lowest BCUT2D eigenvalue weighted by molar-refractivity contribution is 0.00341. The van der Waals surface area contributed by atoms with E-state index in [1.807, 2.05) is 18.2 Å². The predicted octanol–water partition coefficient (Wildman–Crippen LogP) is 5.58. The van der Waals surface area contributed by atoms with Crippen molar-refractivity contribution in [3.05, 3.63) is 78.9 Å². The molecule has 0 aromatic heterocycles. The van der Waals surface area contributed by atoms with Crippen molar-refractivity contribution in [3.8, 4) is 0 Å². The lowest BCUT2D eigenvalue weighted by Gasteiger charge is -2.44. The summed E-state index contributed by atoms with van der Waals surface area (Å²) in [4.78, 5) is 2.36. The summed E-state index contributed by atoms with van der Waals surface area (Å²) in [5, 5.41) is 11.5. The molecule has 0 spiro atoms. The fraction of sp³-hybridized carbons (Fsp3) is 0.391. The van der Waals surface area contributed by atoms with Crippen LogP contribution in [0.15, 0.2) is 73.3 Å². The van der Waals surface area contributed by atoms with Gasteiger partial charge in [-0.3, -0.25) is 0 Å². The molecule has 0 saturated carbocycles. The minimum atomic E-state index is -0.768. The van der Waals surface area contributed by atoms with Crippen molar-refractivity contribution in [2.45, 2.75) is 57.7 Å². The summed E-state index contributed by atoms with van der Waals surface area (Å²) in [5.74, 6) is 0. The quantitative estimate of drug-likeness (QED) is 0.572. The van der Waals surface area contributed by atoms with Gasteiger partial charge in [-0.15, -0.1) is 6.58 Å². The highest BCUT2D eigenvalue weighted by atomic mass is 16.3. The molecule has 0 heterocycles. The molecule has 2 nitrogen and oxygen atoms in total. The molecular weight excluding hydrogens is 306 g/mol. The van der Waals surface area contributed by atoms with Gasteiger partial charge in [0.1, 0.15) is 0 Å². The van der Waals surface area contributed by atoms with Crippen LogP contribution in [0.25, 0.3) is 0 Å². The first kappa shape index (κ1) is 19.3. The van der Waals surface area contributed by atoms with E-state index in [-0.39, 0.29) is 6.04 Å². The van der Waals surface area contributed by atoms with Crippen LogP contribution in [-0.2, 0) is 6.54 Å². The standard InChI is InChI=1S/C23H31NO/c1-4-17-23(25,18-5-2)22(6-3)24(21-15-11-8-12-16-21)19-20-13-9-7-10-14-20/h4,7-16,22,25H,1,5-6,17-19H2,2-3H3/t22-,23-/m1/s1. The Morgan fingerprint density at radius 3 is 2.16 bits per heavy atom. The van der Waals surface area contributed by atoms with E-state index in [0.717, 1.165) is 31.5 Å². The lowest BCUT2D eigenvalue weighted by Crippen LogP contribution is -2.52.